The molecule has 21 heavy (non-hydrogen) atoms. The molecule has 0 aliphatic carbocycles. The molecule has 0 aliphatic heterocycles. The maximum atomic E-state index is 9.00. The molecule has 2 aromatic rings. The predicted octanol–water partition coefficient (Wildman–Crippen LogP) is 5.30. The van der Waals surface area contributed by atoms with E-state index in [4.69, 9.17) is 9.90 Å². The van der Waals surface area contributed by atoms with Crippen molar-refractivity contribution in [3.8, 4) is 0 Å². The van der Waals surface area contributed by atoms with Crippen LogP contribution in [-0.2, 0) is 4.79 Å². The monoisotopic (exact) mass is 291 g/mol. The van der Waals surface area contributed by atoms with Crippen molar-refractivity contribution in [3.63, 3.8) is 0 Å². The molecular weight excluding hydrogens is 262 g/mol. The van der Waals surface area contributed by atoms with Crippen LogP contribution in [-0.4, -0.2) is 16.1 Å². The Morgan fingerprint density at radius 2 is 1.29 bits per heavy atom. The van der Waals surface area contributed by atoms with Crippen molar-refractivity contribution < 1.29 is 9.90 Å². The molecule has 1 heterocycles. The molecule has 118 valence electrons. The Labute approximate surface area is 129 Å². The van der Waals surface area contributed by atoms with Gasteiger partial charge in [0.2, 0.25) is 0 Å². The molecule has 0 bridgehead atoms. The summed E-state index contributed by atoms with van der Waals surface area (Å²) in [7, 11) is 0. The number of nitrogens with zero attached hydrogens (tertiary/aromatic N) is 1. The Kier molecular flexibility index (Phi) is 12.1. The van der Waals surface area contributed by atoms with Crippen molar-refractivity contribution in [2.75, 3.05) is 0 Å². The quantitative estimate of drug-likeness (QED) is 0.716. The van der Waals surface area contributed by atoms with Gasteiger partial charge in [0.1, 0.15) is 0 Å². The number of hydrogen-bond acceptors (Lipinski definition) is 2. The van der Waals surface area contributed by atoms with Gasteiger partial charge in [-0.15, -0.1) is 0 Å². The molecule has 0 amide bonds. The minimum absolute atomic E-state index is 0.833. The minimum Gasteiger partial charge on any atom is -0.481 e. The largest absolute Gasteiger partial charge is 0.481 e. The van der Waals surface area contributed by atoms with E-state index < -0.39 is 5.97 Å². The van der Waals surface area contributed by atoms with Crippen molar-refractivity contribution in [2.45, 2.75) is 55.4 Å². The summed E-state index contributed by atoms with van der Waals surface area (Å²) in [6, 6.07) is 8.43. The highest BCUT2D eigenvalue weighted by molar-refractivity contribution is 5.87. The summed E-state index contributed by atoms with van der Waals surface area (Å²) in [4.78, 5) is 13.5. The predicted molar refractivity (Wildman–Crippen MR) is 92.0 cm³/mol. The van der Waals surface area contributed by atoms with Crippen LogP contribution in [0.2, 0.25) is 0 Å². The van der Waals surface area contributed by atoms with Crippen LogP contribution in [0.5, 0.6) is 0 Å². The van der Waals surface area contributed by atoms with Crippen molar-refractivity contribution in [1.29, 1.82) is 0 Å². The highest BCUT2D eigenvalue weighted by atomic mass is 16.4. The number of pyridine rings is 1. The number of rotatable bonds is 0. The fraction of sp³-hybridized carbons (Fsp3) is 0.444. The number of aromatic nitrogens is 1. The summed E-state index contributed by atoms with van der Waals surface area (Å²) >= 11 is 0. The summed E-state index contributed by atoms with van der Waals surface area (Å²) in [5, 5.41) is 10.0. The van der Waals surface area contributed by atoms with E-state index in [9.17, 15) is 0 Å². The molecular formula is C18H29NO2. The number of carboxylic acids is 1. The number of aryl methyl sites for hydroxylation is 3. The Morgan fingerprint density at radius 3 is 1.71 bits per heavy atom. The van der Waals surface area contributed by atoms with Crippen molar-refractivity contribution in [3.05, 3.63) is 41.2 Å². The molecule has 0 fully saturated rings. The lowest BCUT2D eigenvalue weighted by Crippen LogP contribution is -1.92. The van der Waals surface area contributed by atoms with Crippen molar-refractivity contribution >= 4 is 16.7 Å². The van der Waals surface area contributed by atoms with Gasteiger partial charge in [-0.2, -0.15) is 0 Å². The first-order valence-corrected chi connectivity index (χ1v) is 7.45. The van der Waals surface area contributed by atoms with E-state index in [2.05, 4.69) is 50.0 Å². The Balaban J connectivity index is 0. The fourth-order valence-electron chi connectivity index (χ4n) is 1.72. The van der Waals surface area contributed by atoms with Crippen LogP contribution in [0.25, 0.3) is 10.8 Å². The van der Waals surface area contributed by atoms with E-state index in [0.29, 0.717) is 0 Å². The average molecular weight is 291 g/mol. The molecule has 0 unspecified atom stereocenters. The number of benzene rings is 1. The van der Waals surface area contributed by atoms with Gasteiger partial charge in [-0.3, -0.25) is 9.78 Å². The van der Waals surface area contributed by atoms with E-state index >= 15 is 0 Å². The van der Waals surface area contributed by atoms with Gasteiger partial charge in [-0.1, -0.05) is 52.0 Å². The number of fused-ring (bicyclic) bond motifs is 1. The highest BCUT2D eigenvalue weighted by Crippen LogP contribution is 2.21. The van der Waals surface area contributed by atoms with Gasteiger partial charge in [0.25, 0.3) is 5.97 Å². The molecule has 3 nitrogen and oxygen atoms in total. The summed E-state index contributed by atoms with van der Waals surface area (Å²) in [6.45, 7) is 15.3. The number of carboxylic acid groups (broad SMARTS) is 1. The standard InChI is InChI=1S/C12H13N.C2H4O2.2C2H6/c1-8-9(2)13-10(3)12-7-5-4-6-11(8)12;1-2(3)4;2*1-2/h4-7H,1-3H3;1H3,(H,3,4);2*1-2H3. The third-order valence-electron chi connectivity index (χ3n) is 2.60. The highest BCUT2D eigenvalue weighted by Gasteiger charge is 2.03. The maximum Gasteiger partial charge on any atom is 0.300 e. The minimum atomic E-state index is -0.833. The van der Waals surface area contributed by atoms with Gasteiger partial charge in [0.15, 0.2) is 0 Å². The van der Waals surface area contributed by atoms with Crippen LogP contribution in [0.3, 0.4) is 0 Å². The molecule has 3 heteroatoms. The third-order valence-corrected chi connectivity index (χ3v) is 2.60. The summed E-state index contributed by atoms with van der Waals surface area (Å²) in [5.41, 5.74) is 3.55. The lowest BCUT2D eigenvalue weighted by Gasteiger charge is -2.07. The van der Waals surface area contributed by atoms with Crippen LogP contribution in [0.15, 0.2) is 24.3 Å². The first-order valence-electron chi connectivity index (χ1n) is 7.45. The second kappa shape index (κ2) is 11.9. The van der Waals surface area contributed by atoms with Gasteiger partial charge >= 0.3 is 0 Å². The van der Waals surface area contributed by atoms with Crippen LogP contribution in [0, 0.1) is 20.8 Å². The molecule has 0 atom stereocenters. The number of aliphatic carboxylic acids is 1. The normalized spacial score (nSPS) is 8.38. The van der Waals surface area contributed by atoms with Crippen LogP contribution in [0.1, 0.15) is 51.6 Å². The Hall–Kier alpha value is -1.90. The maximum absolute atomic E-state index is 9.00. The fourth-order valence-corrected chi connectivity index (χ4v) is 1.72. The van der Waals surface area contributed by atoms with Crippen molar-refractivity contribution in [2.24, 2.45) is 0 Å². The van der Waals surface area contributed by atoms with Crippen molar-refractivity contribution in [1.82, 2.24) is 4.98 Å². The lowest BCUT2D eigenvalue weighted by molar-refractivity contribution is -0.134. The van der Waals surface area contributed by atoms with E-state index in [1.807, 2.05) is 27.7 Å². The Bertz CT molecular complexity index is 544. The number of hydrogen-bond donors (Lipinski definition) is 1. The summed E-state index contributed by atoms with van der Waals surface area (Å²) in [6.07, 6.45) is 0. The van der Waals surface area contributed by atoms with Gasteiger partial charge in [0.05, 0.1) is 0 Å². The summed E-state index contributed by atoms with van der Waals surface area (Å²) in [5.74, 6) is -0.833. The molecule has 1 aromatic heterocycles. The molecule has 1 N–H and O–H groups in total. The summed E-state index contributed by atoms with van der Waals surface area (Å²) < 4.78 is 0. The van der Waals surface area contributed by atoms with Gasteiger partial charge in [-0.25, -0.2) is 0 Å². The molecule has 0 aliphatic rings. The molecule has 0 saturated heterocycles. The zero-order valence-electron chi connectivity index (χ0n) is 14.6. The van der Waals surface area contributed by atoms with E-state index in [-0.39, 0.29) is 0 Å². The molecule has 2 rings (SSSR count). The van der Waals surface area contributed by atoms with Crippen LogP contribution in [0.4, 0.5) is 0 Å². The van der Waals surface area contributed by atoms with E-state index in [0.717, 1.165) is 18.3 Å². The van der Waals surface area contributed by atoms with Crippen LogP contribution < -0.4 is 0 Å². The van der Waals surface area contributed by atoms with Gasteiger partial charge in [0, 0.05) is 23.7 Å². The van der Waals surface area contributed by atoms with Crippen LogP contribution >= 0.6 is 0 Å². The first-order chi connectivity index (χ1) is 9.93. The Morgan fingerprint density at radius 1 is 0.905 bits per heavy atom. The molecule has 1 aromatic carbocycles. The zero-order chi connectivity index (χ0) is 17.0. The smallest absolute Gasteiger partial charge is 0.300 e. The second-order valence-electron chi connectivity index (χ2n) is 3.97. The van der Waals surface area contributed by atoms with E-state index in [1.165, 1.54) is 16.3 Å². The average Bonchev–Trinajstić information content (AvgIpc) is 2.49. The van der Waals surface area contributed by atoms with Gasteiger partial charge < -0.3 is 5.11 Å². The number of carbonyl (C=O) groups is 1. The third kappa shape index (κ3) is 7.45. The molecule has 0 saturated carbocycles. The topological polar surface area (TPSA) is 50.2 Å². The molecule has 0 spiro atoms. The zero-order valence-corrected chi connectivity index (χ0v) is 14.6. The lowest BCUT2D eigenvalue weighted by atomic mass is 10.0. The second-order valence-corrected chi connectivity index (χ2v) is 3.97. The van der Waals surface area contributed by atoms with Gasteiger partial charge in [-0.05, 0) is 31.7 Å². The van der Waals surface area contributed by atoms with E-state index in [1.54, 1.807) is 0 Å². The molecule has 0 radical (unpaired) electrons. The SMILES string of the molecule is CC.CC.CC(=O)O.Cc1nc(C)c2ccccc2c1C. The first kappa shape index (κ1) is 21.4.